The molecule has 2 aliphatic rings. The molecule has 2 N–H and O–H groups in total. The van der Waals surface area contributed by atoms with Crippen molar-refractivity contribution in [2.75, 3.05) is 24.5 Å². The normalized spacial score (nSPS) is 21.2. The van der Waals surface area contributed by atoms with Crippen molar-refractivity contribution in [2.45, 2.75) is 25.3 Å². The molecule has 7 nitrogen and oxygen atoms in total. The van der Waals surface area contributed by atoms with E-state index in [1.165, 1.54) is 4.90 Å². The molecule has 122 valence electrons. The van der Waals surface area contributed by atoms with E-state index in [1.54, 1.807) is 29.2 Å². The van der Waals surface area contributed by atoms with E-state index in [4.69, 9.17) is 0 Å². The Kier molecular flexibility index (Phi) is 4.18. The summed E-state index contributed by atoms with van der Waals surface area (Å²) in [6.07, 6.45) is 2.02. The lowest BCUT2D eigenvalue weighted by molar-refractivity contribution is -0.141. The molecule has 3 rings (SSSR count). The number of rotatable bonds is 3. The van der Waals surface area contributed by atoms with Crippen molar-refractivity contribution in [1.82, 2.24) is 10.2 Å². The Labute approximate surface area is 133 Å². The van der Waals surface area contributed by atoms with Gasteiger partial charge < -0.3 is 15.3 Å². The van der Waals surface area contributed by atoms with Gasteiger partial charge in [-0.2, -0.15) is 0 Å². The second-order valence-corrected chi connectivity index (χ2v) is 5.78. The summed E-state index contributed by atoms with van der Waals surface area (Å²) < 4.78 is 0. The second-order valence-electron chi connectivity index (χ2n) is 5.78. The zero-order valence-corrected chi connectivity index (χ0v) is 12.7. The van der Waals surface area contributed by atoms with Crippen LogP contribution in [0.25, 0.3) is 0 Å². The van der Waals surface area contributed by atoms with E-state index >= 15 is 0 Å². The summed E-state index contributed by atoms with van der Waals surface area (Å²) >= 11 is 0. The first-order chi connectivity index (χ1) is 11.1. The largest absolute Gasteiger partial charge is 0.480 e. The van der Waals surface area contributed by atoms with Crippen LogP contribution in [0.4, 0.5) is 10.5 Å². The van der Waals surface area contributed by atoms with Gasteiger partial charge in [0.2, 0.25) is 0 Å². The zero-order chi connectivity index (χ0) is 16.4. The van der Waals surface area contributed by atoms with Crippen LogP contribution >= 0.6 is 0 Å². The number of hydrogen-bond donors (Lipinski definition) is 2. The minimum atomic E-state index is -0.970. The fraction of sp³-hybridized carbons (Fsp3) is 0.438. The molecular weight excluding hydrogens is 298 g/mol. The predicted molar refractivity (Wildman–Crippen MR) is 83.5 cm³/mol. The summed E-state index contributed by atoms with van der Waals surface area (Å²) in [4.78, 5) is 38.8. The molecule has 1 atom stereocenters. The van der Waals surface area contributed by atoms with E-state index in [-0.39, 0.29) is 11.9 Å². The van der Waals surface area contributed by atoms with Crippen LogP contribution in [0.3, 0.4) is 0 Å². The topological polar surface area (TPSA) is 89.9 Å². The maximum absolute atomic E-state index is 12.6. The highest BCUT2D eigenvalue weighted by atomic mass is 16.4. The third kappa shape index (κ3) is 2.99. The molecule has 2 saturated heterocycles. The molecule has 0 spiro atoms. The molecule has 1 aromatic carbocycles. The molecule has 0 radical (unpaired) electrons. The summed E-state index contributed by atoms with van der Waals surface area (Å²) in [5.74, 6) is -1.27. The fourth-order valence-corrected chi connectivity index (χ4v) is 3.12. The number of hydrogen-bond acceptors (Lipinski definition) is 3. The van der Waals surface area contributed by atoms with E-state index in [0.29, 0.717) is 43.7 Å². The van der Waals surface area contributed by atoms with Crippen LogP contribution < -0.4 is 10.2 Å². The number of nitrogens with zero attached hydrogens (tertiary/aromatic N) is 2. The number of aliphatic carboxylic acids is 1. The fourth-order valence-electron chi connectivity index (χ4n) is 3.12. The first kappa shape index (κ1) is 15.3. The van der Waals surface area contributed by atoms with Gasteiger partial charge in [-0.05, 0) is 37.5 Å². The zero-order valence-electron chi connectivity index (χ0n) is 12.7. The number of benzene rings is 1. The number of carboxylic acids is 1. The molecule has 0 bridgehead atoms. The van der Waals surface area contributed by atoms with Gasteiger partial charge in [-0.1, -0.05) is 6.07 Å². The molecule has 3 amide bonds. The van der Waals surface area contributed by atoms with Crippen LogP contribution in [0.15, 0.2) is 24.3 Å². The van der Waals surface area contributed by atoms with Crippen LogP contribution in [-0.4, -0.2) is 53.6 Å². The van der Waals surface area contributed by atoms with E-state index in [2.05, 4.69) is 5.32 Å². The van der Waals surface area contributed by atoms with Crippen LogP contribution in [0.5, 0.6) is 0 Å². The molecule has 2 aliphatic heterocycles. The van der Waals surface area contributed by atoms with Crippen molar-refractivity contribution in [3.63, 3.8) is 0 Å². The summed E-state index contributed by atoms with van der Waals surface area (Å²) in [6.45, 7) is 1.71. The Morgan fingerprint density at radius 1 is 1.22 bits per heavy atom. The highest BCUT2D eigenvalue weighted by molar-refractivity contribution is 5.99. The van der Waals surface area contributed by atoms with E-state index in [1.807, 2.05) is 0 Å². The maximum atomic E-state index is 12.6. The molecule has 0 saturated carbocycles. The Hall–Kier alpha value is -2.57. The van der Waals surface area contributed by atoms with Gasteiger partial charge in [0.25, 0.3) is 5.91 Å². The number of carbonyl (C=O) groups excluding carboxylic acids is 2. The Balaban J connectivity index is 1.83. The molecule has 2 fully saturated rings. The van der Waals surface area contributed by atoms with Gasteiger partial charge >= 0.3 is 12.0 Å². The average molecular weight is 317 g/mol. The highest BCUT2D eigenvalue weighted by Crippen LogP contribution is 2.23. The van der Waals surface area contributed by atoms with Crippen LogP contribution in [-0.2, 0) is 4.79 Å². The first-order valence-corrected chi connectivity index (χ1v) is 7.77. The minimum absolute atomic E-state index is 0.176. The van der Waals surface area contributed by atoms with Crippen molar-refractivity contribution in [3.05, 3.63) is 29.8 Å². The Morgan fingerprint density at radius 2 is 2.04 bits per heavy atom. The SMILES string of the molecule is O=C(O)[C@@H]1CCCN1C(=O)c1cccc(N2CCCNC2=O)c1. The predicted octanol–water partition coefficient (Wildman–Crippen LogP) is 1.30. The second kappa shape index (κ2) is 6.28. The quantitative estimate of drug-likeness (QED) is 0.879. The van der Waals surface area contributed by atoms with Crippen molar-refractivity contribution in [2.24, 2.45) is 0 Å². The number of amides is 3. The van der Waals surface area contributed by atoms with Gasteiger partial charge in [0.05, 0.1) is 0 Å². The van der Waals surface area contributed by atoms with Gasteiger partial charge in [0, 0.05) is 30.9 Å². The lowest BCUT2D eigenvalue weighted by Gasteiger charge is -2.28. The van der Waals surface area contributed by atoms with Crippen LogP contribution in [0.1, 0.15) is 29.6 Å². The van der Waals surface area contributed by atoms with Gasteiger partial charge in [-0.3, -0.25) is 9.69 Å². The number of carbonyl (C=O) groups is 3. The average Bonchev–Trinajstić information content (AvgIpc) is 3.04. The monoisotopic (exact) mass is 317 g/mol. The van der Waals surface area contributed by atoms with Crippen molar-refractivity contribution >= 4 is 23.6 Å². The smallest absolute Gasteiger partial charge is 0.326 e. The Morgan fingerprint density at radius 3 is 2.78 bits per heavy atom. The van der Waals surface area contributed by atoms with E-state index in [0.717, 1.165) is 6.42 Å². The van der Waals surface area contributed by atoms with E-state index < -0.39 is 12.0 Å². The molecule has 0 aromatic heterocycles. The van der Waals surface area contributed by atoms with Gasteiger partial charge in [-0.15, -0.1) is 0 Å². The van der Waals surface area contributed by atoms with Crippen molar-refractivity contribution in [3.8, 4) is 0 Å². The number of carboxylic acid groups (broad SMARTS) is 1. The van der Waals surface area contributed by atoms with Gasteiger partial charge in [0.15, 0.2) is 0 Å². The lowest BCUT2D eigenvalue weighted by Crippen LogP contribution is -2.46. The van der Waals surface area contributed by atoms with Gasteiger partial charge in [0.1, 0.15) is 6.04 Å². The molecule has 2 heterocycles. The minimum Gasteiger partial charge on any atom is -0.480 e. The molecule has 1 aromatic rings. The van der Waals surface area contributed by atoms with Crippen molar-refractivity contribution in [1.29, 1.82) is 0 Å². The molecule has 7 heteroatoms. The molecule has 0 unspecified atom stereocenters. The highest BCUT2D eigenvalue weighted by Gasteiger charge is 2.34. The number of urea groups is 1. The number of likely N-dealkylation sites (tertiary alicyclic amines) is 1. The standard InChI is InChI=1S/C16H19N3O4/c20-14(19-8-2-6-13(19)15(21)22)11-4-1-5-12(10-11)18-9-3-7-17-16(18)23/h1,4-5,10,13H,2-3,6-9H2,(H,17,23)(H,21,22)/t13-/m0/s1. The third-order valence-corrected chi connectivity index (χ3v) is 4.28. The van der Waals surface area contributed by atoms with Crippen LogP contribution in [0.2, 0.25) is 0 Å². The maximum Gasteiger partial charge on any atom is 0.326 e. The molecular formula is C16H19N3O4. The summed E-state index contributed by atoms with van der Waals surface area (Å²) in [5, 5.41) is 12.0. The first-order valence-electron chi connectivity index (χ1n) is 7.77. The lowest BCUT2D eigenvalue weighted by atomic mass is 10.1. The van der Waals surface area contributed by atoms with Crippen LogP contribution in [0, 0.1) is 0 Å². The van der Waals surface area contributed by atoms with Gasteiger partial charge in [-0.25, -0.2) is 9.59 Å². The number of anilines is 1. The summed E-state index contributed by atoms with van der Waals surface area (Å²) in [6, 6.07) is 5.88. The summed E-state index contributed by atoms with van der Waals surface area (Å²) in [7, 11) is 0. The number of nitrogens with one attached hydrogen (secondary N) is 1. The van der Waals surface area contributed by atoms with E-state index in [9.17, 15) is 19.5 Å². The summed E-state index contributed by atoms with van der Waals surface area (Å²) in [5.41, 5.74) is 1.06. The van der Waals surface area contributed by atoms with Crippen molar-refractivity contribution < 1.29 is 19.5 Å². The third-order valence-electron chi connectivity index (χ3n) is 4.28. The molecule has 23 heavy (non-hydrogen) atoms. The molecule has 0 aliphatic carbocycles. The Bertz CT molecular complexity index is 646.